The summed E-state index contributed by atoms with van der Waals surface area (Å²) in [6.45, 7) is 2.90. The Balaban J connectivity index is 2.07. The smallest absolute Gasteiger partial charge is 0.264 e. The van der Waals surface area contributed by atoms with Gasteiger partial charge in [-0.2, -0.15) is 0 Å². The summed E-state index contributed by atoms with van der Waals surface area (Å²) in [4.78, 5) is 27.5. The third-order valence-corrected chi connectivity index (χ3v) is 7.96. The number of amides is 2. The molecule has 1 N–H and O–H groups in total. The number of anilines is 1. The average molecular weight is 558 g/mol. The van der Waals surface area contributed by atoms with Crippen LogP contribution in [-0.2, 0) is 26.2 Å². The summed E-state index contributed by atoms with van der Waals surface area (Å²) in [6.07, 6.45) is 0. The first-order chi connectivity index (χ1) is 18.5. The zero-order valence-corrected chi connectivity index (χ0v) is 23.3. The van der Waals surface area contributed by atoms with Gasteiger partial charge in [0.15, 0.2) is 11.5 Å². The molecule has 2 amide bonds. The topological polar surface area (TPSA) is 105 Å². The van der Waals surface area contributed by atoms with Crippen molar-refractivity contribution in [3.05, 3.63) is 83.7 Å². The Bertz CT molecular complexity index is 1430. The highest BCUT2D eigenvalue weighted by atomic mass is 32.2. The molecule has 0 unspecified atom stereocenters. The lowest BCUT2D eigenvalue weighted by Gasteiger charge is -2.32. The number of nitrogens with one attached hydrogen (secondary N) is 1. The number of sulfonamides is 1. The largest absolute Gasteiger partial charge is 0.493 e. The number of methoxy groups -OCH3 is 2. The van der Waals surface area contributed by atoms with E-state index >= 15 is 0 Å². The molecule has 3 aromatic carbocycles. The molecule has 0 aliphatic heterocycles. The highest BCUT2D eigenvalue weighted by Gasteiger charge is 2.33. The van der Waals surface area contributed by atoms with E-state index in [0.717, 1.165) is 27.6 Å². The number of hydrogen-bond acceptors (Lipinski definition) is 6. The molecule has 3 aromatic rings. The van der Waals surface area contributed by atoms with Crippen molar-refractivity contribution in [1.82, 2.24) is 10.2 Å². The number of benzene rings is 3. The Morgan fingerprint density at radius 2 is 1.64 bits per heavy atom. The van der Waals surface area contributed by atoms with Crippen molar-refractivity contribution in [2.75, 3.05) is 32.1 Å². The highest BCUT2D eigenvalue weighted by molar-refractivity contribution is 7.92. The summed E-state index contributed by atoms with van der Waals surface area (Å²) in [7, 11) is -0.102. The van der Waals surface area contributed by atoms with Gasteiger partial charge in [0.1, 0.15) is 18.4 Å². The molecule has 0 saturated carbocycles. The number of rotatable bonds is 11. The van der Waals surface area contributed by atoms with Crippen LogP contribution in [0.5, 0.6) is 11.5 Å². The molecule has 208 valence electrons. The van der Waals surface area contributed by atoms with Crippen LogP contribution in [0.15, 0.2) is 71.6 Å². The Hall–Kier alpha value is -4.12. The van der Waals surface area contributed by atoms with Crippen LogP contribution >= 0.6 is 0 Å². The summed E-state index contributed by atoms with van der Waals surface area (Å²) < 4.78 is 52.9. The first-order valence-electron chi connectivity index (χ1n) is 12.1. The first kappa shape index (κ1) is 29.4. The van der Waals surface area contributed by atoms with E-state index in [1.54, 1.807) is 6.92 Å². The molecule has 0 spiro atoms. The lowest BCUT2D eigenvalue weighted by atomic mass is 10.1. The van der Waals surface area contributed by atoms with Crippen molar-refractivity contribution >= 4 is 27.5 Å². The van der Waals surface area contributed by atoms with Crippen LogP contribution in [0.3, 0.4) is 0 Å². The zero-order valence-electron chi connectivity index (χ0n) is 22.5. The molecule has 0 aliphatic carbocycles. The van der Waals surface area contributed by atoms with E-state index in [1.165, 1.54) is 56.5 Å². The van der Waals surface area contributed by atoms with Crippen LogP contribution in [0, 0.1) is 12.7 Å². The molecule has 0 bridgehead atoms. The molecule has 3 rings (SSSR count). The molecule has 9 nitrogen and oxygen atoms in total. The van der Waals surface area contributed by atoms with E-state index in [2.05, 4.69) is 5.32 Å². The monoisotopic (exact) mass is 557 g/mol. The highest BCUT2D eigenvalue weighted by Crippen LogP contribution is 2.32. The number of carbonyl (C=O) groups excluding carboxylic acids is 2. The molecule has 39 heavy (non-hydrogen) atoms. The second-order valence-electron chi connectivity index (χ2n) is 8.81. The summed E-state index contributed by atoms with van der Waals surface area (Å²) in [5.74, 6) is -1.10. The van der Waals surface area contributed by atoms with Crippen molar-refractivity contribution in [2.45, 2.75) is 31.3 Å². The summed E-state index contributed by atoms with van der Waals surface area (Å²) in [5.41, 5.74) is 1.81. The van der Waals surface area contributed by atoms with Gasteiger partial charge in [0.2, 0.25) is 11.8 Å². The van der Waals surface area contributed by atoms with Crippen LogP contribution in [0.25, 0.3) is 0 Å². The molecular weight excluding hydrogens is 525 g/mol. The molecule has 0 heterocycles. The second-order valence-corrected chi connectivity index (χ2v) is 10.7. The van der Waals surface area contributed by atoms with Gasteiger partial charge in [-0.05, 0) is 55.8 Å². The fraction of sp³-hybridized carbons (Fsp3) is 0.286. The fourth-order valence-corrected chi connectivity index (χ4v) is 5.47. The maximum absolute atomic E-state index is 13.9. The van der Waals surface area contributed by atoms with Crippen molar-refractivity contribution in [3.8, 4) is 11.5 Å². The Morgan fingerprint density at radius 3 is 2.23 bits per heavy atom. The maximum Gasteiger partial charge on any atom is 0.264 e. The van der Waals surface area contributed by atoms with Gasteiger partial charge >= 0.3 is 0 Å². The fourth-order valence-electron chi connectivity index (χ4n) is 4.04. The molecule has 0 aromatic heterocycles. The number of likely N-dealkylation sites (N-methyl/N-ethyl adjacent to an activating group) is 1. The van der Waals surface area contributed by atoms with E-state index < -0.39 is 40.2 Å². The predicted octanol–water partition coefficient (Wildman–Crippen LogP) is 3.51. The van der Waals surface area contributed by atoms with Gasteiger partial charge in [-0.25, -0.2) is 12.8 Å². The SMILES string of the molecule is CNC(=O)[C@H](C)N(Cc1cccc(C)c1)C(=O)CN(c1ccc(F)cc1)S(=O)(=O)c1ccc(OC)c(OC)c1. The Kier molecular flexibility index (Phi) is 9.52. The molecule has 0 radical (unpaired) electrons. The minimum atomic E-state index is -4.36. The van der Waals surface area contributed by atoms with Gasteiger partial charge in [-0.15, -0.1) is 0 Å². The van der Waals surface area contributed by atoms with E-state index in [-0.39, 0.29) is 22.9 Å². The van der Waals surface area contributed by atoms with Gasteiger partial charge in [-0.3, -0.25) is 13.9 Å². The number of halogens is 1. The van der Waals surface area contributed by atoms with Crippen LogP contribution in [0.4, 0.5) is 10.1 Å². The van der Waals surface area contributed by atoms with E-state index in [1.807, 2.05) is 31.2 Å². The van der Waals surface area contributed by atoms with Crippen molar-refractivity contribution in [1.29, 1.82) is 0 Å². The van der Waals surface area contributed by atoms with Gasteiger partial charge in [0.25, 0.3) is 10.0 Å². The van der Waals surface area contributed by atoms with Crippen molar-refractivity contribution < 1.29 is 31.9 Å². The maximum atomic E-state index is 13.9. The number of aryl methyl sites for hydroxylation is 1. The van der Waals surface area contributed by atoms with Gasteiger partial charge in [0.05, 0.1) is 24.8 Å². The lowest BCUT2D eigenvalue weighted by molar-refractivity contribution is -0.139. The quantitative estimate of drug-likeness (QED) is 0.387. The van der Waals surface area contributed by atoms with Gasteiger partial charge < -0.3 is 19.7 Å². The lowest BCUT2D eigenvalue weighted by Crippen LogP contribution is -2.50. The summed E-state index contributed by atoms with van der Waals surface area (Å²) in [6, 6.07) is 15.4. The predicted molar refractivity (Wildman–Crippen MR) is 146 cm³/mol. The zero-order chi connectivity index (χ0) is 28.7. The molecule has 0 aliphatic rings. The average Bonchev–Trinajstić information content (AvgIpc) is 2.93. The van der Waals surface area contributed by atoms with Crippen LogP contribution in [-0.4, -0.2) is 59.0 Å². The molecular formula is C28H32FN3O6S. The third kappa shape index (κ3) is 6.85. The standard InChI is InChI=1S/C28H32FN3O6S/c1-19-7-6-8-21(15-19)17-31(20(2)28(34)30-3)27(33)18-32(23-11-9-22(29)10-12-23)39(35,36)24-13-14-25(37-4)26(16-24)38-5/h6-16,20H,17-18H2,1-5H3,(H,30,34)/t20-/m0/s1. The number of nitrogens with zero attached hydrogens (tertiary/aromatic N) is 2. The van der Waals surface area contributed by atoms with Crippen molar-refractivity contribution in [2.24, 2.45) is 0 Å². The Labute approximate surface area is 228 Å². The molecule has 1 atom stereocenters. The van der Waals surface area contributed by atoms with E-state index in [4.69, 9.17) is 9.47 Å². The summed E-state index contributed by atoms with van der Waals surface area (Å²) >= 11 is 0. The first-order valence-corrected chi connectivity index (χ1v) is 13.5. The number of hydrogen-bond donors (Lipinski definition) is 1. The number of carbonyl (C=O) groups is 2. The number of ether oxygens (including phenoxy) is 2. The van der Waals surface area contributed by atoms with Crippen LogP contribution in [0.1, 0.15) is 18.1 Å². The van der Waals surface area contributed by atoms with Crippen LogP contribution < -0.4 is 19.1 Å². The molecule has 0 fully saturated rings. The van der Waals surface area contributed by atoms with Crippen LogP contribution in [0.2, 0.25) is 0 Å². The van der Waals surface area contributed by atoms with E-state index in [0.29, 0.717) is 5.75 Å². The van der Waals surface area contributed by atoms with E-state index in [9.17, 15) is 22.4 Å². The molecule has 0 saturated heterocycles. The summed E-state index contributed by atoms with van der Waals surface area (Å²) in [5, 5.41) is 2.54. The Morgan fingerprint density at radius 1 is 0.974 bits per heavy atom. The second kappa shape index (κ2) is 12.6. The molecule has 11 heteroatoms. The minimum absolute atomic E-state index is 0.0719. The minimum Gasteiger partial charge on any atom is -0.493 e. The van der Waals surface area contributed by atoms with Crippen molar-refractivity contribution in [3.63, 3.8) is 0 Å². The third-order valence-electron chi connectivity index (χ3n) is 6.19. The normalized spacial score (nSPS) is 11.8. The van der Waals surface area contributed by atoms with Gasteiger partial charge in [0, 0.05) is 19.7 Å². The van der Waals surface area contributed by atoms with Gasteiger partial charge in [-0.1, -0.05) is 29.8 Å².